The highest BCUT2D eigenvalue weighted by molar-refractivity contribution is 4.87. The molecular formula is C14H28N2O. The molecular weight excluding hydrogens is 212 g/mol. The number of rotatable bonds is 4. The zero-order valence-corrected chi connectivity index (χ0v) is 11.2. The second-order valence-electron chi connectivity index (χ2n) is 6.18. The lowest BCUT2D eigenvalue weighted by Crippen LogP contribution is -2.49. The van der Waals surface area contributed by atoms with Crippen molar-refractivity contribution in [2.45, 2.75) is 50.5 Å². The van der Waals surface area contributed by atoms with E-state index in [1.807, 2.05) is 0 Å². The minimum atomic E-state index is -0.436. The lowest BCUT2D eigenvalue weighted by molar-refractivity contribution is -0.0187. The summed E-state index contributed by atoms with van der Waals surface area (Å²) in [5, 5.41) is 13.8. The molecule has 3 nitrogen and oxygen atoms in total. The van der Waals surface area contributed by atoms with Crippen LogP contribution in [0.5, 0.6) is 0 Å². The molecule has 0 aromatic carbocycles. The first-order chi connectivity index (χ1) is 8.18. The van der Waals surface area contributed by atoms with Crippen molar-refractivity contribution in [2.24, 2.45) is 5.92 Å². The van der Waals surface area contributed by atoms with Gasteiger partial charge in [0.1, 0.15) is 0 Å². The average molecular weight is 240 g/mol. The van der Waals surface area contributed by atoms with Gasteiger partial charge in [0.15, 0.2) is 0 Å². The van der Waals surface area contributed by atoms with Gasteiger partial charge in [-0.25, -0.2) is 0 Å². The Morgan fingerprint density at radius 1 is 1.18 bits per heavy atom. The average Bonchev–Trinajstić information content (AvgIpc) is 2.30. The van der Waals surface area contributed by atoms with E-state index in [-0.39, 0.29) is 0 Å². The second kappa shape index (κ2) is 6.17. The molecule has 3 heteroatoms. The summed E-state index contributed by atoms with van der Waals surface area (Å²) in [6.45, 7) is 3.96. The summed E-state index contributed by atoms with van der Waals surface area (Å²) in [6.07, 6.45) is 8.84. The summed E-state index contributed by atoms with van der Waals surface area (Å²) in [6, 6.07) is 0. The molecule has 1 aliphatic heterocycles. The molecule has 2 N–H and O–H groups in total. The van der Waals surface area contributed by atoms with Crippen LogP contribution in [0.2, 0.25) is 0 Å². The van der Waals surface area contributed by atoms with Gasteiger partial charge in [-0.1, -0.05) is 19.3 Å². The largest absolute Gasteiger partial charge is 0.388 e. The summed E-state index contributed by atoms with van der Waals surface area (Å²) in [5.41, 5.74) is -0.436. The zero-order chi connectivity index (χ0) is 12.1. The molecule has 0 aromatic heterocycles. The Kier molecular flexibility index (Phi) is 4.83. The van der Waals surface area contributed by atoms with Gasteiger partial charge in [-0.15, -0.1) is 0 Å². The summed E-state index contributed by atoms with van der Waals surface area (Å²) in [4.78, 5) is 2.36. The zero-order valence-electron chi connectivity index (χ0n) is 11.2. The predicted octanol–water partition coefficient (Wildman–Crippen LogP) is 1.61. The van der Waals surface area contributed by atoms with Gasteiger partial charge in [-0.3, -0.25) is 0 Å². The number of hydrogen-bond donors (Lipinski definition) is 2. The van der Waals surface area contributed by atoms with Gasteiger partial charge < -0.3 is 15.3 Å². The molecule has 1 heterocycles. The van der Waals surface area contributed by atoms with Crippen molar-refractivity contribution in [1.29, 1.82) is 0 Å². The lowest BCUT2D eigenvalue weighted by atomic mass is 9.88. The van der Waals surface area contributed by atoms with Crippen molar-refractivity contribution in [2.75, 3.05) is 33.2 Å². The maximum Gasteiger partial charge on any atom is 0.0798 e. The Morgan fingerprint density at radius 2 is 1.82 bits per heavy atom. The van der Waals surface area contributed by atoms with Crippen molar-refractivity contribution in [3.63, 3.8) is 0 Å². The molecule has 0 spiro atoms. The van der Waals surface area contributed by atoms with Crippen molar-refractivity contribution >= 4 is 0 Å². The maximum atomic E-state index is 10.5. The van der Waals surface area contributed by atoms with Gasteiger partial charge in [0.25, 0.3) is 0 Å². The molecule has 2 fully saturated rings. The predicted molar refractivity (Wildman–Crippen MR) is 71.1 cm³/mol. The van der Waals surface area contributed by atoms with Crippen molar-refractivity contribution < 1.29 is 5.11 Å². The van der Waals surface area contributed by atoms with E-state index in [1.54, 1.807) is 0 Å². The topological polar surface area (TPSA) is 35.5 Å². The van der Waals surface area contributed by atoms with E-state index in [0.29, 0.717) is 0 Å². The first-order valence-corrected chi connectivity index (χ1v) is 7.30. The molecule has 0 unspecified atom stereocenters. The van der Waals surface area contributed by atoms with Crippen LogP contribution in [-0.2, 0) is 0 Å². The highest BCUT2D eigenvalue weighted by atomic mass is 16.3. The van der Waals surface area contributed by atoms with E-state index in [2.05, 4.69) is 17.3 Å². The van der Waals surface area contributed by atoms with Gasteiger partial charge in [-0.2, -0.15) is 0 Å². The minimum Gasteiger partial charge on any atom is -0.388 e. The fourth-order valence-corrected chi connectivity index (χ4v) is 3.43. The highest BCUT2D eigenvalue weighted by Gasteiger charge is 2.30. The lowest BCUT2D eigenvalue weighted by Gasteiger charge is -2.37. The monoisotopic (exact) mass is 240 g/mol. The third-order valence-electron chi connectivity index (χ3n) is 4.39. The fourth-order valence-electron chi connectivity index (χ4n) is 3.43. The molecule has 0 radical (unpaired) electrons. The van der Waals surface area contributed by atoms with Crippen LogP contribution >= 0.6 is 0 Å². The second-order valence-corrected chi connectivity index (χ2v) is 6.18. The molecule has 2 aliphatic rings. The van der Waals surface area contributed by atoms with E-state index < -0.39 is 5.60 Å². The van der Waals surface area contributed by atoms with Crippen LogP contribution in [0, 0.1) is 5.92 Å². The van der Waals surface area contributed by atoms with Crippen molar-refractivity contribution in [1.82, 2.24) is 10.2 Å². The smallest absolute Gasteiger partial charge is 0.0798 e. The number of nitrogens with zero attached hydrogens (tertiary/aromatic N) is 1. The number of piperidine rings is 1. The quantitative estimate of drug-likeness (QED) is 0.784. The Morgan fingerprint density at radius 3 is 2.47 bits per heavy atom. The standard InChI is InChI=1S/C14H28N2O/c1-16(11-13-5-3-2-4-6-13)12-14(17)7-9-15-10-8-14/h13,15,17H,2-12H2,1H3. The molecule has 0 atom stereocenters. The Bertz CT molecular complexity index is 220. The van der Waals surface area contributed by atoms with Crippen LogP contribution in [0.1, 0.15) is 44.9 Å². The molecule has 1 aliphatic carbocycles. The third-order valence-corrected chi connectivity index (χ3v) is 4.39. The molecule has 1 saturated carbocycles. The van der Waals surface area contributed by atoms with Gasteiger partial charge in [0, 0.05) is 13.1 Å². The SMILES string of the molecule is CN(CC1CCCCC1)CC1(O)CCNCC1. The number of likely N-dealkylation sites (N-methyl/N-ethyl adjacent to an activating group) is 1. The van der Waals surface area contributed by atoms with Gasteiger partial charge >= 0.3 is 0 Å². The normalized spacial score (nSPS) is 26.3. The number of aliphatic hydroxyl groups is 1. The molecule has 1 saturated heterocycles. The van der Waals surface area contributed by atoms with Crippen LogP contribution < -0.4 is 5.32 Å². The Labute approximate surface area is 106 Å². The van der Waals surface area contributed by atoms with E-state index in [1.165, 1.54) is 38.6 Å². The molecule has 0 bridgehead atoms. The summed E-state index contributed by atoms with van der Waals surface area (Å²) < 4.78 is 0. The molecule has 2 rings (SSSR count). The van der Waals surface area contributed by atoms with Crippen LogP contribution in [-0.4, -0.2) is 48.8 Å². The first-order valence-electron chi connectivity index (χ1n) is 7.30. The molecule has 17 heavy (non-hydrogen) atoms. The van der Waals surface area contributed by atoms with Crippen LogP contribution in [0.4, 0.5) is 0 Å². The highest BCUT2D eigenvalue weighted by Crippen LogP contribution is 2.25. The van der Waals surface area contributed by atoms with Crippen molar-refractivity contribution in [3.8, 4) is 0 Å². The third kappa shape index (κ3) is 4.23. The molecule has 0 aromatic rings. The van der Waals surface area contributed by atoms with Gasteiger partial charge in [-0.05, 0) is 51.7 Å². The first kappa shape index (κ1) is 13.3. The number of hydrogen-bond acceptors (Lipinski definition) is 3. The van der Waals surface area contributed by atoms with Crippen LogP contribution in [0.15, 0.2) is 0 Å². The summed E-state index contributed by atoms with van der Waals surface area (Å²) in [5.74, 6) is 0.874. The van der Waals surface area contributed by atoms with Crippen LogP contribution in [0.3, 0.4) is 0 Å². The summed E-state index contributed by atoms with van der Waals surface area (Å²) in [7, 11) is 2.18. The van der Waals surface area contributed by atoms with Crippen LogP contribution in [0.25, 0.3) is 0 Å². The van der Waals surface area contributed by atoms with Crippen molar-refractivity contribution in [3.05, 3.63) is 0 Å². The fraction of sp³-hybridized carbons (Fsp3) is 1.00. The van der Waals surface area contributed by atoms with Gasteiger partial charge in [0.05, 0.1) is 5.60 Å². The Balaban J connectivity index is 1.73. The van der Waals surface area contributed by atoms with E-state index in [9.17, 15) is 5.11 Å². The number of nitrogens with one attached hydrogen (secondary N) is 1. The van der Waals surface area contributed by atoms with E-state index >= 15 is 0 Å². The maximum absolute atomic E-state index is 10.5. The summed E-state index contributed by atoms with van der Waals surface area (Å²) >= 11 is 0. The molecule has 0 amide bonds. The van der Waals surface area contributed by atoms with E-state index in [0.717, 1.165) is 38.4 Å². The van der Waals surface area contributed by atoms with Gasteiger partial charge in [0.2, 0.25) is 0 Å². The Hall–Kier alpha value is -0.120. The molecule has 100 valence electrons. The minimum absolute atomic E-state index is 0.436. The van der Waals surface area contributed by atoms with E-state index in [4.69, 9.17) is 0 Å².